The number of thiocarbonyl (C=S) groups is 1. The molecule has 0 radical (unpaired) electrons. The van der Waals surface area contributed by atoms with Crippen molar-refractivity contribution in [3.05, 3.63) is 39.4 Å². The van der Waals surface area contributed by atoms with Crippen molar-refractivity contribution in [1.29, 1.82) is 0 Å². The Hall–Kier alpha value is -2.06. The van der Waals surface area contributed by atoms with Gasteiger partial charge in [-0.3, -0.25) is 20.2 Å². The summed E-state index contributed by atoms with van der Waals surface area (Å²) in [4.78, 5) is 22.4. The fraction of sp³-hybridized carbons (Fsp3) is 0.467. The number of carbonyl (C=O) groups is 1. The lowest BCUT2D eigenvalue weighted by molar-refractivity contribution is -0.385. The molecule has 0 spiro atoms. The smallest absolute Gasteiger partial charge is 0.273 e. The Labute approximate surface area is 140 Å². The lowest BCUT2D eigenvalue weighted by atomic mass is 10.1. The van der Waals surface area contributed by atoms with Crippen LogP contribution in [0.15, 0.2) is 18.2 Å². The van der Waals surface area contributed by atoms with E-state index in [2.05, 4.69) is 10.6 Å². The maximum absolute atomic E-state index is 12.0. The first-order valence-electron chi connectivity index (χ1n) is 7.27. The zero-order valence-corrected chi connectivity index (χ0v) is 14.2. The second-order valence-corrected chi connectivity index (χ2v) is 5.65. The van der Waals surface area contributed by atoms with Gasteiger partial charge in [0.15, 0.2) is 5.11 Å². The Kier molecular flexibility index (Phi) is 7.56. The molecule has 0 atom stereocenters. The number of nitro benzene ring substituents is 1. The van der Waals surface area contributed by atoms with Crippen LogP contribution in [0.2, 0.25) is 0 Å². The van der Waals surface area contributed by atoms with Crippen LogP contribution in [0.1, 0.15) is 36.2 Å². The minimum absolute atomic E-state index is 0.0950. The number of hydrogen-bond donors (Lipinski definition) is 2. The number of amides is 1. The molecule has 8 heteroatoms. The van der Waals surface area contributed by atoms with E-state index in [1.807, 2.05) is 13.8 Å². The zero-order chi connectivity index (χ0) is 17.4. The van der Waals surface area contributed by atoms with Gasteiger partial charge in [-0.2, -0.15) is 0 Å². The van der Waals surface area contributed by atoms with Gasteiger partial charge in [0.05, 0.1) is 11.0 Å². The Morgan fingerprint density at radius 3 is 2.74 bits per heavy atom. The highest BCUT2D eigenvalue weighted by Gasteiger charge is 2.15. The summed E-state index contributed by atoms with van der Waals surface area (Å²) in [5, 5.41) is 16.5. The summed E-state index contributed by atoms with van der Waals surface area (Å²) in [6.45, 7) is 6.70. The maximum atomic E-state index is 12.0. The molecule has 1 amide bonds. The molecule has 126 valence electrons. The van der Waals surface area contributed by atoms with Gasteiger partial charge in [0, 0.05) is 30.3 Å². The van der Waals surface area contributed by atoms with Crippen molar-refractivity contribution in [3.63, 3.8) is 0 Å². The predicted octanol–water partition coefficient (Wildman–Crippen LogP) is 2.32. The Morgan fingerprint density at radius 2 is 2.13 bits per heavy atom. The normalized spacial score (nSPS) is 10.4. The van der Waals surface area contributed by atoms with Crippen LogP contribution in [0.3, 0.4) is 0 Å². The molecule has 7 nitrogen and oxygen atoms in total. The van der Waals surface area contributed by atoms with E-state index < -0.39 is 10.8 Å². The summed E-state index contributed by atoms with van der Waals surface area (Å²) in [6, 6.07) is 4.30. The minimum atomic E-state index is -0.516. The van der Waals surface area contributed by atoms with Gasteiger partial charge in [0.25, 0.3) is 11.6 Å². The Bertz CT molecular complexity index is 590. The Morgan fingerprint density at radius 1 is 1.43 bits per heavy atom. The maximum Gasteiger partial charge on any atom is 0.273 e. The van der Waals surface area contributed by atoms with E-state index in [0.717, 1.165) is 6.42 Å². The van der Waals surface area contributed by atoms with E-state index in [4.69, 9.17) is 17.0 Å². The number of aryl methyl sites for hydroxylation is 1. The molecule has 1 rings (SSSR count). The third-order valence-corrected chi connectivity index (χ3v) is 3.20. The van der Waals surface area contributed by atoms with Crippen molar-refractivity contribution in [1.82, 2.24) is 10.6 Å². The van der Waals surface area contributed by atoms with Crippen LogP contribution < -0.4 is 10.6 Å². The zero-order valence-electron chi connectivity index (χ0n) is 13.4. The molecule has 23 heavy (non-hydrogen) atoms. The minimum Gasteiger partial charge on any atom is -0.379 e. The highest BCUT2D eigenvalue weighted by molar-refractivity contribution is 7.80. The van der Waals surface area contributed by atoms with E-state index >= 15 is 0 Å². The third-order valence-electron chi connectivity index (χ3n) is 2.95. The molecule has 0 unspecified atom stereocenters. The van der Waals surface area contributed by atoms with E-state index in [9.17, 15) is 14.9 Å². The highest BCUT2D eigenvalue weighted by Crippen LogP contribution is 2.19. The number of rotatable bonds is 7. The van der Waals surface area contributed by atoms with Crippen LogP contribution in [0, 0.1) is 17.0 Å². The van der Waals surface area contributed by atoms with Crippen molar-refractivity contribution in [2.75, 3.05) is 13.2 Å². The van der Waals surface area contributed by atoms with Gasteiger partial charge in [0.2, 0.25) is 0 Å². The quantitative estimate of drug-likeness (QED) is 0.343. The van der Waals surface area contributed by atoms with Crippen LogP contribution in [-0.4, -0.2) is 35.2 Å². The molecule has 0 fully saturated rings. The van der Waals surface area contributed by atoms with E-state index in [0.29, 0.717) is 18.7 Å². The van der Waals surface area contributed by atoms with Crippen LogP contribution in [-0.2, 0) is 4.74 Å². The van der Waals surface area contributed by atoms with Crippen LogP contribution >= 0.6 is 12.2 Å². The topological polar surface area (TPSA) is 93.5 Å². The average molecular weight is 339 g/mol. The fourth-order valence-corrected chi connectivity index (χ4v) is 1.95. The molecule has 1 aromatic carbocycles. The summed E-state index contributed by atoms with van der Waals surface area (Å²) in [7, 11) is 0. The SMILES string of the molecule is Cc1ccc(C(=O)NC(=S)NCCCOC(C)C)cc1[N+](=O)[O-]. The fourth-order valence-electron chi connectivity index (χ4n) is 1.76. The molecule has 0 aliphatic heterocycles. The lowest BCUT2D eigenvalue weighted by Gasteiger charge is -2.11. The second kappa shape index (κ2) is 9.16. The number of nitrogens with one attached hydrogen (secondary N) is 2. The largest absolute Gasteiger partial charge is 0.379 e. The molecular weight excluding hydrogens is 318 g/mol. The monoisotopic (exact) mass is 339 g/mol. The average Bonchev–Trinajstić information content (AvgIpc) is 2.46. The molecule has 0 aromatic heterocycles. The summed E-state index contributed by atoms with van der Waals surface area (Å²) >= 11 is 5.02. The highest BCUT2D eigenvalue weighted by atomic mass is 32.1. The van der Waals surface area contributed by atoms with Gasteiger partial charge < -0.3 is 10.1 Å². The van der Waals surface area contributed by atoms with Crippen molar-refractivity contribution in [2.45, 2.75) is 33.3 Å². The van der Waals surface area contributed by atoms with Crippen molar-refractivity contribution in [3.8, 4) is 0 Å². The first-order valence-corrected chi connectivity index (χ1v) is 7.68. The molecule has 0 aliphatic carbocycles. The number of benzene rings is 1. The molecule has 0 heterocycles. The van der Waals surface area contributed by atoms with E-state index in [1.165, 1.54) is 18.2 Å². The molecular formula is C15H21N3O4S. The van der Waals surface area contributed by atoms with Crippen LogP contribution in [0.5, 0.6) is 0 Å². The molecule has 0 bridgehead atoms. The standard InChI is InChI=1S/C15H21N3O4S/c1-10(2)22-8-4-7-16-15(23)17-14(19)12-6-5-11(3)13(9-12)18(20)21/h5-6,9-10H,4,7-8H2,1-3H3,(H2,16,17,19,23). The molecule has 0 saturated carbocycles. The lowest BCUT2D eigenvalue weighted by Crippen LogP contribution is -2.39. The third kappa shape index (κ3) is 6.70. The first kappa shape index (κ1) is 19.0. The number of carbonyl (C=O) groups excluding carboxylic acids is 1. The predicted molar refractivity (Wildman–Crippen MR) is 91.6 cm³/mol. The number of nitro groups is 1. The van der Waals surface area contributed by atoms with E-state index in [-0.39, 0.29) is 22.5 Å². The molecule has 1 aromatic rings. The van der Waals surface area contributed by atoms with Gasteiger partial charge in [-0.05, 0) is 45.5 Å². The molecule has 2 N–H and O–H groups in total. The summed E-state index contributed by atoms with van der Waals surface area (Å²) in [5.74, 6) is -0.482. The summed E-state index contributed by atoms with van der Waals surface area (Å²) in [6.07, 6.45) is 0.934. The number of nitrogens with zero attached hydrogens (tertiary/aromatic N) is 1. The summed E-state index contributed by atoms with van der Waals surface area (Å²) < 4.78 is 5.39. The van der Waals surface area contributed by atoms with Gasteiger partial charge in [-0.25, -0.2) is 0 Å². The van der Waals surface area contributed by atoms with Crippen molar-refractivity contribution in [2.24, 2.45) is 0 Å². The summed E-state index contributed by atoms with van der Waals surface area (Å²) in [5.41, 5.74) is 0.592. The molecule has 0 saturated heterocycles. The van der Waals surface area contributed by atoms with Gasteiger partial charge in [-0.15, -0.1) is 0 Å². The first-order chi connectivity index (χ1) is 10.8. The van der Waals surface area contributed by atoms with Crippen molar-refractivity contribution < 1.29 is 14.5 Å². The van der Waals surface area contributed by atoms with Crippen LogP contribution in [0.25, 0.3) is 0 Å². The Balaban J connectivity index is 2.48. The van der Waals surface area contributed by atoms with Gasteiger partial charge in [-0.1, -0.05) is 6.07 Å². The van der Waals surface area contributed by atoms with Gasteiger partial charge >= 0.3 is 0 Å². The second-order valence-electron chi connectivity index (χ2n) is 5.24. The number of hydrogen-bond acceptors (Lipinski definition) is 5. The van der Waals surface area contributed by atoms with Crippen molar-refractivity contribution >= 4 is 28.9 Å². The van der Waals surface area contributed by atoms with Gasteiger partial charge in [0.1, 0.15) is 0 Å². The van der Waals surface area contributed by atoms with E-state index in [1.54, 1.807) is 6.92 Å². The van der Waals surface area contributed by atoms with Crippen LogP contribution in [0.4, 0.5) is 5.69 Å². The number of ether oxygens (including phenoxy) is 1. The molecule has 0 aliphatic rings.